The lowest BCUT2D eigenvalue weighted by atomic mass is 10.2. The van der Waals surface area contributed by atoms with Crippen LogP contribution in [0.4, 0.5) is 0 Å². The minimum Gasteiger partial charge on any atom is -0.461 e. The Bertz CT molecular complexity index is 845. The highest BCUT2D eigenvalue weighted by atomic mass is 32.2. The van der Waals surface area contributed by atoms with Gasteiger partial charge in [0, 0.05) is 6.04 Å². The number of nitrogens with zero attached hydrogens (tertiary/aromatic N) is 2. The summed E-state index contributed by atoms with van der Waals surface area (Å²) in [6.45, 7) is 0.00345. The van der Waals surface area contributed by atoms with Gasteiger partial charge < -0.3 is 13.7 Å². The van der Waals surface area contributed by atoms with Gasteiger partial charge in [-0.1, -0.05) is 5.92 Å². The largest absolute Gasteiger partial charge is 0.461 e. The van der Waals surface area contributed by atoms with Crippen LogP contribution in [0.2, 0.25) is 0 Å². The van der Waals surface area contributed by atoms with E-state index in [2.05, 4.69) is 10.9 Å². The van der Waals surface area contributed by atoms with Crippen LogP contribution in [0.25, 0.3) is 11.5 Å². The Hall–Kier alpha value is -2.53. The number of carbonyl (C=O) groups excluding carboxylic acids is 1. The molecule has 1 atom stereocenters. The van der Waals surface area contributed by atoms with E-state index in [1.165, 1.54) is 11.2 Å². The summed E-state index contributed by atoms with van der Waals surface area (Å²) < 4.78 is 33.8. The standard InChI is InChI=1S/C15H14N2O5S/c1-2-6-17(11-5-8-23(19,20)9-11)15(18)13-14(22-10-16-13)12-4-3-7-21-12/h1,3-4,7,10-11H,5-6,8-9H2. The van der Waals surface area contributed by atoms with Gasteiger partial charge in [-0.05, 0) is 18.6 Å². The van der Waals surface area contributed by atoms with E-state index < -0.39 is 21.8 Å². The summed E-state index contributed by atoms with van der Waals surface area (Å²) in [5.41, 5.74) is 0.0551. The predicted molar refractivity (Wildman–Crippen MR) is 81.1 cm³/mol. The lowest BCUT2D eigenvalue weighted by molar-refractivity contribution is 0.0719. The predicted octanol–water partition coefficient (Wildman–Crippen LogP) is 1.20. The van der Waals surface area contributed by atoms with Gasteiger partial charge in [0.05, 0.1) is 24.3 Å². The third-order valence-electron chi connectivity index (χ3n) is 3.69. The maximum Gasteiger partial charge on any atom is 0.277 e. The van der Waals surface area contributed by atoms with Gasteiger partial charge in [-0.15, -0.1) is 6.42 Å². The summed E-state index contributed by atoms with van der Waals surface area (Å²) in [6, 6.07) is 2.85. The molecule has 0 aliphatic carbocycles. The van der Waals surface area contributed by atoms with E-state index in [4.69, 9.17) is 15.3 Å². The fourth-order valence-corrected chi connectivity index (χ4v) is 4.33. The molecule has 0 radical (unpaired) electrons. The molecule has 0 aromatic carbocycles. The fraction of sp³-hybridized carbons (Fsp3) is 0.333. The number of carbonyl (C=O) groups is 1. The Labute approximate surface area is 133 Å². The van der Waals surface area contributed by atoms with Crippen molar-refractivity contribution < 1.29 is 22.0 Å². The van der Waals surface area contributed by atoms with Crippen LogP contribution >= 0.6 is 0 Å². The number of sulfone groups is 1. The lowest BCUT2D eigenvalue weighted by Gasteiger charge is -2.25. The van der Waals surface area contributed by atoms with Gasteiger partial charge in [0.1, 0.15) is 0 Å². The summed E-state index contributed by atoms with van der Waals surface area (Å²) in [6.07, 6.45) is 8.29. The van der Waals surface area contributed by atoms with Crippen molar-refractivity contribution in [2.75, 3.05) is 18.1 Å². The first-order chi connectivity index (χ1) is 11.0. The first kappa shape index (κ1) is 15.4. The molecule has 120 valence electrons. The Balaban J connectivity index is 1.91. The third kappa shape index (κ3) is 3.00. The number of furan rings is 1. The zero-order valence-corrected chi connectivity index (χ0v) is 13.0. The van der Waals surface area contributed by atoms with Crippen LogP contribution in [0.15, 0.2) is 33.6 Å². The van der Waals surface area contributed by atoms with Crippen molar-refractivity contribution in [3.8, 4) is 23.9 Å². The number of rotatable bonds is 4. The van der Waals surface area contributed by atoms with Gasteiger partial charge >= 0.3 is 0 Å². The Morgan fingerprint density at radius 3 is 2.91 bits per heavy atom. The number of oxazole rings is 1. The smallest absolute Gasteiger partial charge is 0.277 e. The van der Waals surface area contributed by atoms with E-state index in [9.17, 15) is 13.2 Å². The summed E-state index contributed by atoms with van der Waals surface area (Å²) in [4.78, 5) is 18.1. The summed E-state index contributed by atoms with van der Waals surface area (Å²) in [7, 11) is -3.14. The van der Waals surface area contributed by atoms with Gasteiger partial charge in [-0.2, -0.15) is 0 Å². The first-order valence-electron chi connectivity index (χ1n) is 6.94. The molecule has 0 spiro atoms. The molecule has 1 aliphatic heterocycles. The van der Waals surface area contributed by atoms with E-state index in [0.29, 0.717) is 12.2 Å². The van der Waals surface area contributed by atoms with Crippen LogP contribution in [0.5, 0.6) is 0 Å². The normalized spacial score (nSPS) is 19.3. The first-order valence-corrected chi connectivity index (χ1v) is 8.76. The third-order valence-corrected chi connectivity index (χ3v) is 5.44. The van der Waals surface area contributed by atoms with Gasteiger partial charge in [-0.3, -0.25) is 4.79 Å². The van der Waals surface area contributed by atoms with E-state index in [1.807, 2.05) is 0 Å². The van der Waals surface area contributed by atoms with Crippen molar-refractivity contribution in [1.82, 2.24) is 9.88 Å². The van der Waals surface area contributed by atoms with E-state index in [-0.39, 0.29) is 29.5 Å². The highest BCUT2D eigenvalue weighted by Gasteiger charge is 2.36. The quantitative estimate of drug-likeness (QED) is 0.780. The van der Waals surface area contributed by atoms with E-state index >= 15 is 0 Å². The molecule has 1 fully saturated rings. The Kier molecular flexibility index (Phi) is 3.96. The van der Waals surface area contributed by atoms with Crippen LogP contribution in [0.3, 0.4) is 0 Å². The number of amides is 1. The van der Waals surface area contributed by atoms with Crippen LogP contribution < -0.4 is 0 Å². The summed E-state index contributed by atoms with van der Waals surface area (Å²) in [5.74, 6) is 2.46. The number of terminal acetylenes is 1. The van der Waals surface area contributed by atoms with Crippen molar-refractivity contribution in [3.05, 3.63) is 30.5 Å². The molecule has 1 aliphatic rings. The van der Waals surface area contributed by atoms with Crippen LogP contribution in [0.1, 0.15) is 16.9 Å². The topological polar surface area (TPSA) is 93.6 Å². The molecule has 0 saturated carbocycles. The van der Waals surface area contributed by atoms with Gasteiger partial charge in [0.2, 0.25) is 5.76 Å². The molecule has 0 N–H and O–H groups in total. The van der Waals surface area contributed by atoms with Crippen molar-refractivity contribution in [3.63, 3.8) is 0 Å². The van der Waals surface area contributed by atoms with Crippen LogP contribution in [-0.2, 0) is 9.84 Å². The Morgan fingerprint density at radius 1 is 1.48 bits per heavy atom. The average Bonchev–Trinajstić information content (AvgIpc) is 3.23. The molecule has 3 rings (SSSR count). The van der Waals surface area contributed by atoms with Crippen molar-refractivity contribution >= 4 is 15.7 Å². The molecule has 1 saturated heterocycles. The van der Waals surface area contributed by atoms with Crippen molar-refractivity contribution in [2.24, 2.45) is 0 Å². The fourth-order valence-electron chi connectivity index (χ4n) is 2.60. The van der Waals surface area contributed by atoms with Crippen LogP contribution in [0, 0.1) is 12.3 Å². The Morgan fingerprint density at radius 2 is 2.30 bits per heavy atom. The molecule has 1 amide bonds. The lowest BCUT2D eigenvalue weighted by Crippen LogP contribution is -2.41. The molecule has 23 heavy (non-hydrogen) atoms. The molecular weight excluding hydrogens is 320 g/mol. The highest BCUT2D eigenvalue weighted by molar-refractivity contribution is 7.91. The summed E-state index contributed by atoms with van der Waals surface area (Å²) >= 11 is 0. The van der Waals surface area contributed by atoms with Gasteiger partial charge in [0.25, 0.3) is 5.91 Å². The zero-order chi connectivity index (χ0) is 16.4. The molecule has 8 heteroatoms. The number of hydrogen-bond acceptors (Lipinski definition) is 6. The van der Waals surface area contributed by atoms with Crippen LogP contribution in [-0.4, -0.2) is 48.3 Å². The monoisotopic (exact) mass is 334 g/mol. The number of aromatic nitrogens is 1. The maximum atomic E-state index is 12.8. The second-order valence-electron chi connectivity index (χ2n) is 5.20. The number of hydrogen-bond donors (Lipinski definition) is 0. The molecule has 3 heterocycles. The molecular formula is C15H14N2O5S. The molecule has 1 unspecified atom stereocenters. The minimum atomic E-state index is -3.14. The minimum absolute atomic E-state index is 0.00345. The SMILES string of the molecule is C#CCN(C(=O)c1ncoc1-c1ccco1)C1CCS(=O)(=O)C1. The molecule has 2 aromatic heterocycles. The molecule has 2 aromatic rings. The van der Waals surface area contributed by atoms with E-state index in [0.717, 1.165) is 6.39 Å². The van der Waals surface area contributed by atoms with Gasteiger partial charge in [-0.25, -0.2) is 13.4 Å². The second-order valence-corrected chi connectivity index (χ2v) is 7.43. The van der Waals surface area contributed by atoms with Crippen molar-refractivity contribution in [2.45, 2.75) is 12.5 Å². The summed E-state index contributed by atoms with van der Waals surface area (Å²) in [5, 5.41) is 0. The maximum absolute atomic E-state index is 12.8. The molecule has 0 bridgehead atoms. The average molecular weight is 334 g/mol. The van der Waals surface area contributed by atoms with Gasteiger partial charge in [0.15, 0.2) is 27.7 Å². The second kappa shape index (κ2) is 5.93. The highest BCUT2D eigenvalue weighted by Crippen LogP contribution is 2.26. The van der Waals surface area contributed by atoms with E-state index in [1.54, 1.807) is 12.1 Å². The molecule has 7 nitrogen and oxygen atoms in total. The van der Waals surface area contributed by atoms with Crippen molar-refractivity contribution in [1.29, 1.82) is 0 Å². The zero-order valence-electron chi connectivity index (χ0n) is 12.1.